The van der Waals surface area contributed by atoms with Gasteiger partial charge in [0.2, 0.25) is 12.1 Å². The van der Waals surface area contributed by atoms with E-state index in [0.29, 0.717) is 37.0 Å². The number of aliphatic imine (C=N–C) groups is 1. The van der Waals surface area contributed by atoms with E-state index < -0.39 is 35.3 Å². The number of thioether (sulfide) groups is 1. The Kier molecular flexibility index (Phi) is 5.67. The molecule has 3 heterocycles. The summed E-state index contributed by atoms with van der Waals surface area (Å²) in [7, 11) is 1.54. The van der Waals surface area contributed by atoms with E-state index in [1.807, 2.05) is 9.80 Å². The summed E-state index contributed by atoms with van der Waals surface area (Å²) in [4.78, 5) is 57.9. The molecule has 3 aliphatic heterocycles. The zero-order valence-electron chi connectivity index (χ0n) is 16.9. The van der Waals surface area contributed by atoms with E-state index >= 15 is 0 Å². The van der Waals surface area contributed by atoms with Crippen molar-refractivity contribution in [2.24, 2.45) is 4.99 Å². The molecule has 2 atom stereocenters. The summed E-state index contributed by atoms with van der Waals surface area (Å²) in [6, 6.07) is 5.62. The molecule has 12 heteroatoms. The molecule has 31 heavy (non-hydrogen) atoms. The number of amidine groups is 1. The van der Waals surface area contributed by atoms with Crippen molar-refractivity contribution in [3.8, 4) is 0 Å². The highest BCUT2D eigenvalue weighted by atomic mass is 32.2. The minimum atomic E-state index is -0.888. The molecule has 164 valence electrons. The number of likely N-dealkylation sites (N-methyl/N-ethyl adjacent to an activating group) is 1. The Morgan fingerprint density at radius 1 is 1.23 bits per heavy atom. The Morgan fingerprint density at radius 3 is 2.52 bits per heavy atom. The lowest BCUT2D eigenvalue weighted by molar-refractivity contribution is -0.138. The van der Waals surface area contributed by atoms with Crippen LogP contribution in [0.1, 0.15) is 6.92 Å². The smallest absolute Gasteiger partial charge is 0.417 e. The monoisotopic (exact) mass is 449 g/mol. The van der Waals surface area contributed by atoms with E-state index in [2.05, 4.69) is 4.99 Å². The predicted octanol–water partition coefficient (Wildman–Crippen LogP) is 0.686. The van der Waals surface area contributed by atoms with Crippen LogP contribution in [-0.2, 0) is 19.1 Å². The fourth-order valence-corrected chi connectivity index (χ4v) is 4.48. The number of carbonyl (C=O) groups excluding carboxylic acids is 4. The van der Waals surface area contributed by atoms with Crippen LogP contribution in [0.2, 0.25) is 0 Å². The number of hydrogen-bond donors (Lipinski definition) is 0. The SMILES string of the molecule is CC(=O)N(C)C1OC(=O)N(c2cccc(F)c2)C1N1CCN(C2=NC(=O)C(=O)S2)CC1. The first-order chi connectivity index (χ1) is 14.8. The molecule has 2 fully saturated rings. The van der Waals surface area contributed by atoms with Gasteiger partial charge in [0.1, 0.15) is 5.82 Å². The number of rotatable bonds is 3. The fraction of sp³-hybridized carbons (Fsp3) is 0.421. The van der Waals surface area contributed by atoms with Crippen LogP contribution in [0, 0.1) is 5.82 Å². The van der Waals surface area contributed by atoms with Crippen molar-refractivity contribution in [2.75, 3.05) is 38.1 Å². The van der Waals surface area contributed by atoms with Gasteiger partial charge in [0.25, 0.3) is 5.12 Å². The Bertz CT molecular complexity index is 980. The number of anilines is 1. The van der Waals surface area contributed by atoms with Gasteiger partial charge in [-0.15, -0.1) is 0 Å². The maximum Gasteiger partial charge on any atom is 0.417 e. The van der Waals surface area contributed by atoms with E-state index in [1.165, 1.54) is 34.9 Å². The van der Waals surface area contributed by atoms with E-state index in [0.717, 1.165) is 11.8 Å². The number of nitrogens with zero attached hydrogens (tertiary/aromatic N) is 5. The number of carbonyl (C=O) groups is 4. The van der Waals surface area contributed by atoms with Crippen molar-refractivity contribution in [1.29, 1.82) is 0 Å². The van der Waals surface area contributed by atoms with Crippen molar-refractivity contribution in [2.45, 2.75) is 19.3 Å². The average molecular weight is 449 g/mol. The number of halogens is 1. The molecule has 1 aromatic carbocycles. The predicted molar refractivity (Wildman–Crippen MR) is 110 cm³/mol. The minimum absolute atomic E-state index is 0.281. The van der Waals surface area contributed by atoms with Crippen molar-refractivity contribution in [3.63, 3.8) is 0 Å². The van der Waals surface area contributed by atoms with Crippen molar-refractivity contribution in [3.05, 3.63) is 30.1 Å². The fourth-order valence-electron chi connectivity index (χ4n) is 3.74. The minimum Gasteiger partial charge on any atom is -0.421 e. The quantitative estimate of drug-likeness (QED) is 0.621. The maximum absolute atomic E-state index is 13.9. The summed E-state index contributed by atoms with van der Waals surface area (Å²) in [5, 5.41) is -0.236. The molecule has 0 spiro atoms. The van der Waals surface area contributed by atoms with Crippen LogP contribution in [0.3, 0.4) is 0 Å². The molecule has 4 rings (SSSR count). The van der Waals surface area contributed by atoms with Crippen LogP contribution >= 0.6 is 11.8 Å². The highest BCUT2D eigenvalue weighted by Gasteiger charge is 2.49. The average Bonchev–Trinajstić information content (AvgIpc) is 3.26. The molecule has 0 saturated carbocycles. The first-order valence-corrected chi connectivity index (χ1v) is 10.4. The van der Waals surface area contributed by atoms with Gasteiger partial charge in [0.15, 0.2) is 11.3 Å². The van der Waals surface area contributed by atoms with Crippen molar-refractivity contribution in [1.82, 2.24) is 14.7 Å². The Balaban J connectivity index is 1.58. The van der Waals surface area contributed by atoms with Gasteiger partial charge >= 0.3 is 12.0 Å². The Morgan fingerprint density at radius 2 is 1.94 bits per heavy atom. The third kappa shape index (κ3) is 4.00. The summed E-state index contributed by atoms with van der Waals surface area (Å²) >= 11 is 0.808. The highest BCUT2D eigenvalue weighted by molar-refractivity contribution is 8.28. The summed E-state index contributed by atoms with van der Waals surface area (Å²) in [6.45, 7) is 3.15. The molecule has 10 nitrogen and oxygen atoms in total. The topological polar surface area (TPSA) is 103 Å². The molecule has 0 radical (unpaired) electrons. The summed E-state index contributed by atoms with van der Waals surface area (Å²) in [5.74, 6) is -1.54. The van der Waals surface area contributed by atoms with Crippen LogP contribution < -0.4 is 4.90 Å². The lowest BCUT2D eigenvalue weighted by atomic mass is 10.2. The number of benzene rings is 1. The molecule has 3 amide bonds. The third-order valence-corrected chi connectivity index (χ3v) is 6.31. The Labute approximate surface area is 181 Å². The number of cyclic esters (lactones) is 1. The number of ether oxygens (including phenoxy) is 1. The molecular formula is C19H20FN5O5S. The Hall–Kier alpha value is -2.99. The van der Waals surface area contributed by atoms with Crippen LogP contribution in [0.4, 0.5) is 14.9 Å². The third-order valence-electron chi connectivity index (χ3n) is 5.42. The highest BCUT2D eigenvalue weighted by Crippen LogP contribution is 2.32. The molecule has 2 unspecified atom stereocenters. The van der Waals surface area contributed by atoms with Gasteiger partial charge in [-0.25, -0.2) is 9.18 Å². The second-order valence-corrected chi connectivity index (χ2v) is 8.22. The van der Waals surface area contributed by atoms with E-state index in [-0.39, 0.29) is 5.91 Å². The molecular weight excluding hydrogens is 429 g/mol. The first-order valence-electron chi connectivity index (χ1n) is 9.59. The largest absolute Gasteiger partial charge is 0.421 e. The van der Waals surface area contributed by atoms with Crippen molar-refractivity contribution >= 4 is 45.6 Å². The summed E-state index contributed by atoms with van der Waals surface area (Å²) < 4.78 is 19.4. The molecule has 0 aromatic heterocycles. The molecule has 2 saturated heterocycles. The van der Waals surface area contributed by atoms with E-state index in [9.17, 15) is 23.6 Å². The first kappa shape index (κ1) is 21.2. The number of hydrogen-bond acceptors (Lipinski definition) is 8. The van der Waals surface area contributed by atoms with Gasteiger partial charge in [-0.05, 0) is 30.0 Å². The standard InChI is InChI=1S/C19H20FN5O5S/c1-11(26)22(2)16-15(25(19(29)30-16)13-5-3-4-12(20)10-13)23-6-8-24(9-7-23)18-21-14(27)17(28)31-18/h3-5,10,15-16H,6-9H2,1-2H3. The molecule has 0 bridgehead atoms. The van der Waals surface area contributed by atoms with Gasteiger partial charge in [-0.2, -0.15) is 4.99 Å². The second kappa shape index (κ2) is 8.27. The van der Waals surface area contributed by atoms with Gasteiger partial charge < -0.3 is 14.5 Å². The van der Waals surface area contributed by atoms with E-state index in [1.54, 1.807) is 13.1 Å². The van der Waals surface area contributed by atoms with Gasteiger partial charge in [0.05, 0.1) is 5.69 Å². The van der Waals surface area contributed by atoms with Gasteiger partial charge in [-0.3, -0.25) is 24.2 Å². The number of piperazine rings is 1. The van der Waals surface area contributed by atoms with Crippen LogP contribution in [-0.4, -0.2) is 88.5 Å². The molecule has 3 aliphatic rings. The lowest BCUT2D eigenvalue weighted by Crippen LogP contribution is -2.60. The summed E-state index contributed by atoms with van der Waals surface area (Å²) in [5.41, 5.74) is 0.323. The summed E-state index contributed by atoms with van der Waals surface area (Å²) in [6.07, 6.45) is -2.24. The van der Waals surface area contributed by atoms with E-state index in [4.69, 9.17) is 4.74 Å². The zero-order valence-corrected chi connectivity index (χ0v) is 17.7. The second-order valence-electron chi connectivity index (χ2n) is 7.28. The van der Waals surface area contributed by atoms with Gasteiger partial charge in [-0.1, -0.05) is 6.07 Å². The maximum atomic E-state index is 13.9. The van der Waals surface area contributed by atoms with Gasteiger partial charge in [0, 0.05) is 40.2 Å². The normalized spacial score (nSPS) is 24.5. The molecule has 1 aromatic rings. The zero-order chi connectivity index (χ0) is 22.3. The molecule has 0 N–H and O–H groups in total. The number of amides is 3. The van der Waals surface area contributed by atoms with Crippen LogP contribution in [0.5, 0.6) is 0 Å². The van der Waals surface area contributed by atoms with Crippen molar-refractivity contribution < 1.29 is 28.3 Å². The van der Waals surface area contributed by atoms with Crippen LogP contribution in [0.15, 0.2) is 29.3 Å². The molecule has 0 aliphatic carbocycles. The lowest BCUT2D eigenvalue weighted by Gasteiger charge is -2.42. The van der Waals surface area contributed by atoms with Crippen LogP contribution in [0.25, 0.3) is 0 Å².